The Morgan fingerprint density at radius 3 is 2.70 bits per heavy atom. The van der Waals surface area contributed by atoms with Crippen LogP contribution >= 0.6 is 0 Å². The summed E-state index contributed by atoms with van der Waals surface area (Å²) in [4.78, 5) is 15.8. The molecule has 1 saturated heterocycles. The molecular weight excluding hydrogens is 435 g/mol. The van der Waals surface area contributed by atoms with E-state index in [0.717, 1.165) is 19.0 Å². The van der Waals surface area contributed by atoms with E-state index < -0.39 is 11.7 Å². The predicted molar refractivity (Wildman–Crippen MR) is 116 cm³/mol. The zero-order chi connectivity index (χ0) is 23.2. The summed E-state index contributed by atoms with van der Waals surface area (Å²) >= 11 is 0. The highest BCUT2D eigenvalue weighted by atomic mass is 19.4. The van der Waals surface area contributed by atoms with Gasteiger partial charge in [-0.05, 0) is 31.9 Å². The number of nitrogens with zero attached hydrogens (tertiary/aromatic N) is 6. The van der Waals surface area contributed by atoms with Gasteiger partial charge >= 0.3 is 6.18 Å². The number of aryl methyl sites for hydroxylation is 1. The van der Waals surface area contributed by atoms with E-state index in [9.17, 15) is 13.2 Å². The Morgan fingerprint density at radius 1 is 1.15 bits per heavy atom. The highest BCUT2D eigenvalue weighted by molar-refractivity contribution is 5.94. The van der Waals surface area contributed by atoms with Gasteiger partial charge in [0.25, 0.3) is 0 Å². The third-order valence-corrected chi connectivity index (χ3v) is 5.86. The van der Waals surface area contributed by atoms with Crippen molar-refractivity contribution >= 4 is 17.0 Å². The van der Waals surface area contributed by atoms with Crippen LogP contribution in [0.15, 0.2) is 30.7 Å². The standard InChI is InChI=1S/C21H22F3N9/c1-11-3-4-12(7-25-11)29-20-27-9-15(21(22,23)24)18(31-20)14-8-26-19-13(14)5-6-16(30-19)17-10-28-32-33(17)2/h5-6,8-12,25H,3-4,7H2,1-2H3,(H,26,30)(H,27,29,31)/t11-,12?/m1/s1. The van der Waals surface area contributed by atoms with Crippen molar-refractivity contribution in [2.45, 2.75) is 38.0 Å². The Labute approximate surface area is 186 Å². The van der Waals surface area contributed by atoms with Crippen molar-refractivity contribution in [1.82, 2.24) is 40.2 Å². The first-order chi connectivity index (χ1) is 15.8. The second-order valence-electron chi connectivity index (χ2n) is 8.22. The maximum Gasteiger partial charge on any atom is 0.419 e. The van der Waals surface area contributed by atoms with Crippen LogP contribution in [0.4, 0.5) is 19.1 Å². The highest BCUT2D eigenvalue weighted by Gasteiger charge is 2.36. The molecule has 0 aliphatic carbocycles. The molecule has 5 heterocycles. The van der Waals surface area contributed by atoms with Gasteiger partial charge < -0.3 is 15.6 Å². The zero-order valence-electron chi connectivity index (χ0n) is 18.0. The SMILES string of the molecule is C[C@@H]1CCC(Nc2ncc(C(F)(F)F)c(-c3c[nH]c4nc(-c5cnnn5C)ccc34)n2)CN1. The van der Waals surface area contributed by atoms with Crippen molar-refractivity contribution in [3.8, 4) is 22.6 Å². The van der Waals surface area contributed by atoms with E-state index in [4.69, 9.17) is 0 Å². The van der Waals surface area contributed by atoms with Gasteiger partial charge in [0.1, 0.15) is 16.9 Å². The van der Waals surface area contributed by atoms with Crippen molar-refractivity contribution < 1.29 is 13.2 Å². The second kappa shape index (κ2) is 8.10. The summed E-state index contributed by atoms with van der Waals surface area (Å²) in [5, 5.41) is 14.8. The molecule has 3 N–H and O–H groups in total. The van der Waals surface area contributed by atoms with Crippen LogP contribution in [0.25, 0.3) is 33.7 Å². The van der Waals surface area contributed by atoms with Crippen LogP contribution in [0.5, 0.6) is 0 Å². The first-order valence-electron chi connectivity index (χ1n) is 10.6. The molecule has 172 valence electrons. The minimum atomic E-state index is -4.60. The van der Waals surface area contributed by atoms with E-state index in [1.807, 2.05) is 0 Å². The van der Waals surface area contributed by atoms with E-state index in [1.165, 1.54) is 6.20 Å². The first kappa shape index (κ1) is 21.3. The lowest BCUT2D eigenvalue weighted by molar-refractivity contribution is -0.137. The molecule has 1 aliphatic heterocycles. The van der Waals surface area contributed by atoms with Gasteiger partial charge in [0.05, 0.1) is 17.6 Å². The van der Waals surface area contributed by atoms with Crippen LogP contribution in [-0.2, 0) is 13.2 Å². The van der Waals surface area contributed by atoms with Crippen molar-refractivity contribution in [1.29, 1.82) is 0 Å². The maximum absolute atomic E-state index is 13.8. The molecule has 0 saturated carbocycles. The van der Waals surface area contributed by atoms with Crippen LogP contribution in [0.3, 0.4) is 0 Å². The van der Waals surface area contributed by atoms with E-state index in [1.54, 1.807) is 30.1 Å². The van der Waals surface area contributed by atoms with Gasteiger partial charge in [0, 0.05) is 49.0 Å². The third-order valence-electron chi connectivity index (χ3n) is 5.86. The molecule has 9 nitrogen and oxygen atoms in total. The zero-order valence-corrected chi connectivity index (χ0v) is 18.0. The van der Waals surface area contributed by atoms with Crippen molar-refractivity contribution in [3.05, 3.63) is 36.3 Å². The number of rotatable bonds is 4. The summed E-state index contributed by atoms with van der Waals surface area (Å²) in [7, 11) is 1.74. The Balaban J connectivity index is 1.54. The molecule has 0 spiro atoms. The van der Waals surface area contributed by atoms with Gasteiger partial charge in [-0.3, -0.25) is 0 Å². The molecular formula is C21H22F3N9. The Hall–Kier alpha value is -3.54. The van der Waals surface area contributed by atoms with Crippen LogP contribution in [0.1, 0.15) is 25.3 Å². The van der Waals surface area contributed by atoms with Crippen LogP contribution in [-0.4, -0.2) is 53.6 Å². The fourth-order valence-corrected chi connectivity index (χ4v) is 4.03. The molecule has 12 heteroatoms. The number of pyridine rings is 1. The lowest BCUT2D eigenvalue weighted by Gasteiger charge is -2.28. The van der Waals surface area contributed by atoms with E-state index in [2.05, 4.69) is 47.8 Å². The predicted octanol–water partition coefficient (Wildman–Crippen LogP) is 3.39. The van der Waals surface area contributed by atoms with Gasteiger partial charge in [-0.15, -0.1) is 5.10 Å². The van der Waals surface area contributed by atoms with Gasteiger partial charge in [-0.25, -0.2) is 19.6 Å². The van der Waals surface area contributed by atoms with Crippen LogP contribution in [0, 0.1) is 0 Å². The molecule has 5 rings (SSSR count). The topological polar surface area (TPSA) is 109 Å². The lowest BCUT2D eigenvalue weighted by atomic mass is 10.0. The minimum absolute atomic E-state index is 0.0467. The molecule has 0 bridgehead atoms. The van der Waals surface area contributed by atoms with Crippen molar-refractivity contribution in [2.75, 3.05) is 11.9 Å². The Kier molecular flexibility index (Phi) is 5.23. The number of hydrogen-bond donors (Lipinski definition) is 3. The minimum Gasteiger partial charge on any atom is -0.350 e. The van der Waals surface area contributed by atoms with Crippen molar-refractivity contribution in [3.63, 3.8) is 0 Å². The number of aromatic amines is 1. The summed E-state index contributed by atoms with van der Waals surface area (Å²) in [5.41, 5.74) is 0.941. The summed E-state index contributed by atoms with van der Waals surface area (Å²) in [6.07, 6.45) is 1.15. The normalized spacial score (nSPS) is 19.2. The third kappa shape index (κ3) is 4.13. The van der Waals surface area contributed by atoms with Gasteiger partial charge in [0.2, 0.25) is 5.95 Å². The summed E-state index contributed by atoms with van der Waals surface area (Å²) < 4.78 is 43.0. The number of alkyl halides is 3. The average Bonchev–Trinajstić information content (AvgIpc) is 3.40. The molecule has 2 atom stereocenters. The quantitative estimate of drug-likeness (QED) is 0.431. The number of anilines is 1. The highest BCUT2D eigenvalue weighted by Crippen LogP contribution is 2.38. The smallest absolute Gasteiger partial charge is 0.350 e. The molecule has 0 aromatic carbocycles. The molecule has 0 amide bonds. The molecule has 1 unspecified atom stereocenters. The van der Waals surface area contributed by atoms with Crippen molar-refractivity contribution in [2.24, 2.45) is 7.05 Å². The fraction of sp³-hybridized carbons (Fsp3) is 0.381. The fourth-order valence-electron chi connectivity index (χ4n) is 4.03. The molecule has 4 aromatic rings. The number of H-pyrrole nitrogens is 1. The maximum atomic E-state index is 13.8. The number of hydrogen-bond acceptors (Lipinski definition) is 7. The largest absolute Gasteiger partial charge is 0.419 e. The van der Waals surface area contributed by atoms with Crippen LogP contribution in [0.2, 0.25) is 0 Å². The summed E-state index contributed by atoms with van der Waals surface area (Å²) in [5.74, 6) is 0.166. The van der Waals surface area contributed by atoms with E-state index in [0.29, 0.717) is 40.6 Å². The number of nitrogens with one attached hydrogen (secondary N) is 3. The van der Waals surface area contributed by atoms with Gasteiger partial charge in [-0.1, -0.05) is 5.21 Å². The average molecular weight is 457 g/mol. The summed E-state index contributed by atoms with van der Waals surface area (Å²) in [6.45, 7) is 2.80. The van der Waals surface area contributed by atoms with Crippen LogP contribution < -0.4 is 10.6 Å². The molecule has 1 aliphatic rings. The Bertz CT molecular complexity index is 1290. The lowest BCUT2D eigenvalue weighted by Crippen LogP contribution is -2.43. The molecule has 0 radical (unpaired) electrons. The molecule has 33 heavy (non-hydrogen) atoms. The van der Waals surface area contributed by atoms with Gasteiger partial charge in [0.15, 0.2) is 0 Å². The number of aromatic nitrogens is 7. The van der Waals surface area contributed by atoms with E-state index >= 15 is 0 Å². The number of fused-ring (bicyclic) bond motifs is 1. The first-order valence-corrected chi connectivity index (χ1v) is 10.6. The number of piperidine rings is 1. The second-order valence-corrected chi connectivity index (χ2v) is 8.22. The number of halogens is 3. The molecule has 1 fully saturated rings. The monoisotopic (exact) mass is 457 g/mol. The summed E-state index contributed by atoms with van der Waals surface area (Å²) in [6, 6.07) is 3.91. The Morgan fingerprint density at radius 2 is 2.00 bits per heavy atom. The van der Waals surface area contributed by atoms with E-state index in [-0.39, 0.29) is 17.7 Å². The van der Waals surface area contributed by atoms with Gasteiger partial charge in [-0.2, -0.15) is 13.2 Å². The molecule has 4 aromatic heterocycles.